The van der Waals surface area contributed by atoms with E-state index in [1.807, 2.05) is 48.5 Å². The van der Waals surface area contributed by atoms with E-state index in [-0.39, 0.29) is 19.1 Å². The van der Waals surface area contributed by atoms with Crippen LogP contribution in [0.2, 0.25) is 0 Å². The van der Waals surface area contributed by atoms with Gasteiger partial charge in [-0.25, -0.2) is 4.79 Å². The SMILES string of the molecule is CC1(c2ccccc2Br)NC(=O)N(CCOc2cccc(Br)c2)C1=O. The molecule has 1 aliphatic rings. The predicted octanol–water partition coefficient (Wildman–Crippen LogP) is 4.06. The number of urea groups is 1. The van der Waals surface area contributed by atoms with Crippen molar-refractivity contribution in [1.82, 2.24) is 10.2 Å². The number of nitrogens with zero attached hydrogens (tertiary/aromatic N) is 1. The lowest BCUT2D eigenvalue weighted by molar-refractivity contribution is -0.131. The minimum atomic E-state index is -1.09. The summed E-state index contributed by atoms with van der Waals surface area (Å²) in [6, 6.07) is 14.4. The minimum absolute atomic E-state index is 0.178. The van der Waals surface area contributed by atoms with Crippen LogP contribution in [-0.4, -0.2) is 30.0 Å². The Labute approximate surface area is 162 Å². The molecule has 2 aromatic carbocycles. The van der Waals surface area contributed by atoms with E-state index >= 15 is 0 Å². The van der Waals surface area contributed by atoms with Crippen molar-refractivity contribution >= 4 is 43.8 Å². The Kier molecular flexibility index (Phi) is 5.15. The lowest BCUT2D eigenvalue weighted by Crippen LogP contribution is -2.41. The first-order valence-corrected chi connectivity index (χ1v) is 9.28. The normalized spacial score (nSPS) is 19.9. The van der Waals surface area contributed by atoms with Gasteiger partial charge in [-0.05, 0) is 31.2 Å². The molecule has 1 saturated heterocycles. The Hall–Kier alpha value is -1.86. The molecule has 1 N–H and O–H groups in total. The first-order chi connectivity index (χ1) is 11.9. The van der Waals surface area contributed by atoms with Gasteiger partial charge in [-0.3, -0.25) is 9.69 Å². The Balaban J connectivity index is 1.70. The van der Waals surface area contributed by atoms with Crippen LogP contribution < -0.4 is 10.1 Å². The predicted molar refractivity (Wildman–Crippen MR) is 101 cm³/mol. The lowest BCUT2D eigenvalue weighted by atomic mass is 9.92. The highest BCUT2D eigenvalue weighted by Crippen LogP contribution is 2.33. The maximum Gasteiger partial charge on any atom is 0.325 e. The smallest absolute Gasteiger partial charge is 0.325 e. The van der Waals surface area contributed by atoms with Gasteiger partial charge in [-0.2, -0.15) is 0 Å². The molecule has 1 heterocycles. The van der Waals surface area contributed by atoms with Crippen LogP contribution in [0.4, 0.5) is 4.79 Å². The number of imide groups is 1. The monoisotopic (exact) mass is 466 g/mol. The third-order valence-corrected chi connectivity index (χ3v) is 5.25. The van der Waals surface area contributed by atoms with E-state index in [0.717, 1.165) is 14.5 Å². The highest BCUT2D eigenvalue weighted by atomic mass is 79.9. The molecule has 0 radical (unpaired) electrons. The van der Waals surface area contributed by atoms with Gasteiger partial charge in [0.1, 0.15) is 17.9 Å². The second-order valence-corrected chi connectivity index (χ2v) is 7.57. The number of benzene rings is 2. The van der Waals surface area contributed by atoms with E-state index in [2.05, 4.69) is 37.2 Å². The summed E-state index contributed by atoms with van der Waals surface area (Å²) >= 11 is 6.82. The van der Waals surface area contributed by atoms with Gasteiger partial charge in [0.25, 0.3) is 5.91 Å². The van der Waals surface area contributed by atoms with Gasteiger partial charge in [0.15, 0.2) is 0 Å². The number of ether oxygens (including phenoxy) is 1. The summed E-state index contributed by atoms with van der Waals surface area (Å²) < 4.78 is 7.31. The molecule has 0 aromatic heterocycles. The summed E-state index contributed by atoms with van der Waals surface area (Å²) in [4.78, 5) is 26.3. The molecule has 1 atom stereocenters. The topological polar surface area (TPSA) is 58.6 Å². The molecule has 3 rings (SSSR count). The van der Waals surface area contributed by atoms with Crippen molar-refractivity contribution in [3.05, 3.63) is 63.0 Å². The molecule has 1 unspecified atom stereocenters. The highest BCUT2D eigenvalue weighted by Gasteiger charge is 2.49. The summed E-state index contributed by atoms with van der Waals surface area (Å²) in [6.45, 7) is 2.11. The number of hydrogen-bond donors (Lipinski definition) is 1. The van der Waals surface area contributed by atoms with Crippen LogP contribution in [0.15, 0.2) is 57.5 Å². The van der Waals surface area contributed by atoms with Crippen LogP contribution in [-0.2, 0) is 10.3 Å². The molecule has 5 nitrogen and oxygen atoms in total. The van der Waals surface area contributed by atoms with Crippen LogP contribution in [0.1, 0.15) is 12.5 Å². The fourth-order valence-electron chi connectivity index (χ4n) is 2.76. The van der Waals surface area contributed by atoms with Gasteiger partial charge in [-0.15, -0.1) is 0 Å². The number of hydrogen-bond acceptors (Lipinski definition) is 3. The number of amides is 3. The number of nitrogens with one attached hydrogen (secondary N) is 1. The zero-order valence-electron chi connectivity index (χ0n) is 13.5. The number of carbonyl (C=O) groups is 2. The zero-order valence-corrected chi connectivity index (χ0v) is 16.6. The number of carbonyl (C=O) groups excluding carboxylic acids is 2. The van der Waals surface area contributed by atoms with E-state index in [1.165, 1.54) is 4.90 Å². The maximum atomic E-state index is 12.8. The summed E-state index contributed by atoms with van der Waals surface area (Å²) in [5.74, 6) is 0.386. The second-order valence-electron chi connectivity index (χ2n) is 5.80. The molecule has 2 aromatic rings. The van der Waals surface area contributed by atoms with Crippen molar-refractivity contribution in [1.29, 1.82) is 0 Å². The van der Waals surface area contributed by atoms with E-state index < -0.39 is 11.6 Å². The molecule has 0 bridgehead atoms. The molecule has 0 aliphatic carbocycles. The molecule has 130 valence electrons. The van der Waals surface area contributed by atoms with Crippen molar-refractivity contribution in [3.8, 4) is 5.75 Å². The van der Waals surface area contributed by atoms with Crippen molar-refractivity contribution in [2.75, 3.05) is 13.2 Å². The molecule has 0 saturated carbocycles. The van der Waals surface area contributed by atoms with Crippen LogP contribution >= 0.6 is 31.9 Å². The van der Waals surface area contributed by atoms with Gasteiger partial charge in [0, 0.05) is 14.5 Å². The molecule has 7 heteroatoms. The van der Waals surface area contributed by atoms with E-state index in [0.29, 0.717) is 5.75 Å². The van der Waals surface area contributed by atoms with Gasteiger partial charge in [-0.1, -0.05) is 56.1 Å². The molecule has 25 heavy (non-hydrogen) atoms. The quantitative estimate of drug-likeness (QED) is 0.674. The van der Waals surface area contributed by atoms with Crippen molar-refractivity contribution < 1.29 is 14.3 Å². The first-order valence-electron chi connectivity index (χ1n) is 7.69. The van der Waals surface area contributed by atoms with Crippen LogP contribution in [0.5, 0.6) is 5.75 Å². The lowest BCUT2D eigenvalue weighted by Gasteiger charge is -2.23. The molecule has 0 spiro atoms. The molecular formula is C18H16Br2N2O3. The Morgan fingerprint density at radius 1 is 1.12 bits per heavy atom. The van der Waals surface area contributed by atoms with Crippen LogP contribution in [0, 0.1) is 0 Å². The zero-order chi connectivity index (χ0) is 18.0. The van der Waals surface area contributed by atoms with Gasteiger partial charge in [0.2, 0.25) is 0 Å². The summed E-state index contributed by atoms with van der Waals surface area (Å²) in [5, 5.41) is 2.79. The van der Waals surface area contributed by atoms with Crippen molar-refractivity contribution in [3.63, 3.8) is 0 Å². The van der Waals surface area contributed by atoms with E-state index in [1.54, 1.807) is 6.92 Å². The summed E-state index contributed by atoms with van der Waals surface area (Å²) in [5.41, 5.74) is -0.365. The Morgan fingerprint density at radius 3 is 2.60 bits per heavy atom. The van der Waals surface area contributed by atoms with Gasteiger partial charge in [0.05, 0.1) is 6.54 Å². The van der Waals surface area contributed by atoms with Crippen molar-refractivity contribution in [2.45, 2.75) is 12.5 Å². The molecule has 1 aliphatic heterocycles. The Bertz CT molecular complexity index is 827. The molecule has 3 amide bonds. The minimum Gasteiger partial charge on any atom is -0.492 e. The largest absolute Gasteiger partial charge is 0.492 e. The maximum absolute atomic E-state index is 12.8. The highest BCUT2D eigenvalue weighted by molar-refractivity contribution is 9.10. The summed E-state index contributed by atoms with van der Waals surface area (Å²) in [6.07, 6.45) is 0. The molecule has 1 fully saturated rings. The number of halogens is 2. The average molecular weight is 468 g/mol. The van der Waals surface area contributed by atoms with E-state index in [9.17, 15) is 9.59 Å². The molecular weight excluding hydrogens is 452 g/mol. The van der Waals surface area contributed by atoms with Crippen molar-refractivity contribution in [2.24, 2.45) is 0 Å². The van der Waals surface area contributed by atoms with Crippen LogP contribution in [0.3, 0.4) is 0 Å². The van der Waals surface area contributed by atoms with Gasteiger partial charge >= 0.3 is 6.03 Å². The van der Waals surface area contributed by atoms with Gasteiger partial charge < -0.3 is 10.1 Å². The number of rotatable bonds is 5. The fraction of sp³-hybridized carbons (Fsp3) is 0.222. The van der Waals surface area contributed by atoms with Crippen LogP contribution in [0.25, 0.3) is 0 Å². The third-order valence-electron chi connectivity index (χ3n) is 4.07. The third kappa shape index (κ3) is 3.57. The fourth-order valence-corrected chi connectivity index (χ4v) is 3.82. The first kappa shape index (κ1) is 17.9. The summed E-state index contributed by atoms with van der Waals surface area (Å²) in [7, 11) is 0. The standard InChI is InChI=1S/C18H16Br2N2O3/c1-18(14-7-2-3-8-15(14)20)16(23)22(17(24)21-18)9-10-25-13-6-4-5-12(19)11-13/h2-8,11H,9-10H2,1H3,(H,21,24). The average Bonchev–Trinajstić information content (AvgIpc) is 2.79. The van der Waals surface area contributed by atoms with E-state index in [4.69, 9.17) is 4.74 Å². The Morgan fingerprint density at radius 2 is 1.88 bits per heavy atom. The second kappa shape index (κ2) is 7.17.